The number of amides is 2. The standard InChI is InChI=1S/C17H24N2O5S/c1-17(2,3)24-16(23)18-8-9-25-11-14(20)19-10-12-4-6-13(7-5-12)15(21)22/h4-7H,8-11H2,1-3H3,(H,18,23)(H,19,20)(H,21,22). The summed E-state index contributed by atoms with van der Waals surface area (Å²) >= 11 is 1.40. The summed E-state index contributed by atoms with van der Waals surface area (Å²) in [6.45, 7) is 6.14. The summed E-state index contributed by atoms with van der Waals surface area (Å²) in [7, 11) is 0. The normalized spacial score (nSPS) is 10.8. The van der Waals surface area contributed by atoms with E-state index in [0.717, 1.165) is 5.56 Å². The maximum Gasteiger partial charge on any atom is 0.407 e. The molecule has 0 spiro atoms. The van der Waals surface area contributed by atoms with Crippen molar-refractivity contribution in [2.24, 2.45) is 0 Å². The highest BCUT2D eigenvalue weighted by Gasteiger charge is 2.15. The summed E-state index contributed by atoms with van der Waals surface area (Å²) < 4.78 is 5.10. The van der Waals surface area contributed by atoms with Gasteiger partial charge in [0.25, 0.3) is 0 Å². The number of carbonyl (C=O) groups is 3. The van der Waals surface area contributed by atoms with Crippen LogP contribution in [0.1, 0.15) is 36.7 Å². The predicted molar refractivity (Wildman–Crippen MR) is 96.8 cm³/mol. The van der Waals surface area contributed by atoms with Gasteiger partial charge in [-0.1, -0.05) is 12.1 Å². The summed E-state index contributed by atoms with van der Waals surface area (Å²) in [5.41, 5.74) is 0.512. The minimum Gasteiger partial charge on any atom is -0.478 e. The molecule has 0 aliphatic rings. The Morgan fingerprint density at radius 1 is 1.12 bits per heavy atom. The van der Waals surface area contributed by atoms with Gasteiger partial charge in [0.1, 0.15) is 5.60 Å². The Labute approximate surface area is 151 Å². The average Bonchev–Trinajstić information content (AvgIpc) is 2.51. The molecular formula is C17H24N2O5S. The number of carbonyl (C=O) groups excluding carboxylic acids is 2. The molecule has 1 aromatic rings. The van der Waals surface area contributed by atoms with Crippen LogP contribution in [0, 0.1) is 0 Å². The molecular weight excluding hydrogens is 344 g/mol. The van der Waals surface area contributed by atoms with Gasteiger partial charge in [0.05, 0.1) is 11.3 Å². The highest BCUT2D eigenvalue weighted by atomic mass is 32.2. The van der Waals surface area contributed by atoms with E-state index in [1.165, 1.54) is 23.9 Å². The Morgan fingerprint density at radius 3 is 2.32 bits per heavy atom. The van der Waals surface area contributed by atoms with Gasteiger partial charge in [-0.25, -0.2) is 9.59 Å². The maximum atomic E-state index is 11.7. The van der Waals surface area contributed by atoms with Crippen LogP contribution < -0.4 is 10.6 Å². The second kappa shape index (κ2) is 9.93. The molecule has 1 rings (SSSR count). The summed E-state index contributed by atoms with van der Waals surface area (Å²) in [4.78, 5) is 33.9. The van der Waals surface area contributed by atoms with Crippen molar-refractivity contribution in [2.45, 2.75) is 32.9 Å². The van der Waals surface area contributed by atoms with Crippen LogP contribution in [-0.4, -0.2) is 46.7 Å². The lowest BCUT2D eigenvalue weighted by Crippen LogP contribution is -2.33. The van der Waals surface area contributed by atoms with Crippen LogP contribution in [0.15, 0.2) is 24.3 Å². The summed E-state index contributed by atoms with van der Waals surface area (Å²) in [5, 5.41) is 14.2. The zero-order valence-electron chi connectivity index (χ0n) is 14.6. The van der Waals surface area contributed by atoms with Crippen molar-refractivity contribution in [1.82, 2.24) is 10.6 Å². The van der Waals surface area contributed by atoms with E-state index in [-0.39, 0.29) is 17.2 Å². The minimum absolute atomic E-state index is 0.121. The summed E-state index contributed by atoms with van der Waals surface area (Å²) in [5.74, 6) is -0.222. The van der Waals surface area contributed by atoms with Crippen LogP contribution in [0.25, 0.3) is 0 Å². The SMILES string of the molecule is CC(C)(C)OC(=O)NCCSCC(=O)NCc1ccc(C(=O)O)cc1. The summed E-state index contributed by atoms with van der Waals surface area (Å²) in [6.07, 6.45) is -0.470. The first-order valence-electron chi connectivity index (χ1n) is 7.81. The molecule has 0 aliphatic heterocycles. The van der Waals surface area contributed by atoms with Crippen LogP contribution in [0.2, 0.25) is 0 Å². The fourth-order valence-corrected chi connectivity index (χ4v) is 2.40. The molecule has 3 N–H and O–H groups in total. The smallest absolute Gasteiger partial charge is 0.407 e. The molecule has 0 atom stereocenters. The lowest BCUT2D eigenvalue weighted by Gasteiger charge is -2.19. The number of ether oxygens (including phenoxy) is 1. The van der Waals surface area contributed by atoms with Crippen molar-refractivity contribution in [3.8, 4) is 0 Å². The topological polar surface area (TPSA) is 105 Å². The van der Waals surface area contributed by atoms with Crippen molar-refractivity contribution in [3.05, 3.63) is 35.4 Å². The number of hydrogen-bond acceptors (Lipinski definition) is 5. The number of thioether (sulfide) groups is 1. The van der Waals surface area contributed by atoms with Crippen LogP contribution >= 0.6 is 11.8 Å². The molecule has 25 heavy (non-hydrogen) atoms. The van der Waals surface area contributed by atoms with Crippen LogP contribution in [0.5, 0.6) is 0 Å². The van der Waals surface area contributed by atoms with Gasteiger partial charge in [-0.3, -0.25) is 4.79 Å². The van der Waals surface area contributed by atoms with E-state index in [2.05, 4.69) is 10.6 Å². The second-order valence-corrected chi connectivity index (χ2v) is 7.37. The first kappa shape index (κ1) is 20.8. The first-order chi connectivity index (χ1) is 11.7. The Hall–Kier alpha value is -2.22. The second-order valence-electron chi connectivity index (χ2n) is 6.26. The molecule has 0 bridgehead atoms. The van der Waals surface area contributed by atoms with E-state index in [0.29, 0.717) is 18.8 Å². The molecule has 138 valence electrons. The van der Waals surface area contributed by atoms with Crippen LogP contribution in [-0.2, 0) is 16.1 Å². The van der Waals surface area contributed by atoms with E-state index in [1.807, 2.05) is 0 Å². The third kappa shape index (κ3) is 9.61. The number of alkyl carbamates (subject to hydrolysis) is 1. The number of benzene rings is 1. The molecule has 0 saturated heterocycles. The van der Waals surface area contributed by atoms with E-state index < -0.39 is 17.7 Å². The third-order valence-corrected chi connectivity index (χ3v) is 3.80. The summed E-state index contributed by atoms with van der Waals surface area (Å²) in [6, 6.07) is 6.34. The van der Waals surface area contributed by atoms with E-state index in [1.54, 1.807) is 32.9 Å². The van der Waals surface area contributed by atoms with Crippen molar-refractivity contribution in [2.75, 3.05) is 18.1 Å². The molecule has 1 aromatic carbocycles. The van der Waals surface area contributed by atoms with Gasteiger partial charge >= 0.3 is 12.1 Å². The number of aromatic carboxylic acids is 1. The van der Waals surface area contributed by atoms with Crippen LogP contribution in [0.4, 0.5) is 4.79 Å². The largest absolute Gasteiger partial charge is 0.478 e. The van der Waals surface area contributed by atoms with Gasteiger partial charge in [0, 0.05) is 18.8 Å². The Morgan fingerprint density at radius 2 is 1.76 bits per heavy atom. The Kier molecular flexibility index (Phi) is 8.27. The van der Waals surface area contributed by atoms with Crippen LogP contribution in [0.3, 0.4) is 0 Å². The Balaban J connectivity index is 2.15. The fraction of sp³-hybridized carbons (Fsp3) is 0.471. The van der Waals surface area contributed by atoms with Crippen molar-refractivity contribution in [3.63, 3.8) is 0 Å². The highest BCUT2D eigenvalue weighted by Crippen LogP contribution is 2.07. The molecule has 0 fully saturated rings. The van der Waals surface area contributed by atoms with Crippen molar-refractivity contribution in [1.29, 1.82) is 0 Å². The molecule has 0 radical (unpaired) electrons. The third-order valence-electron chi connectivity index (χ3n) is 2.84. The quantitative estimate of drug-likeness (QED) is 0.608. The first-order valence-corrected chi connectivity index (χ1v) is 8.96. The monoisotopic (exact) mass is 368 g/mol. The number of hydrogen-bond donors (Lipinski definition) is 3. The molecule has 0 aliphatic carbocycles. The molecule has 0 saturated carbocycles. The molecule has 8 heteroatoms. The number of carboxylic acid groups (broad SMARTS) is 1. The lowest BCUT2D eigenvalue weighted by molar-refractivity contribution is -0.118. The predicted octanol–water partition coefficient (Wildman–Crippen LogP) is 2.26. The highest BCUT2D eigenvalue weighted by molar-refractivity contribution is 7.99. The number of rotatable bonds is 8. The van der Waals surface area contributed by atoms with Crippen molar-refractivity contribution >= 4 is 29.7 Å². The number of carboxylic acids is 1. The molecule has 2 amide bonds. The average molecular weight is 368 g/mol. The van der Waals surface area contributed by atoms with Crippen molar-refractivity contribution < 1.29 is 24.2 Å². The molecule has 0 unspecified atom stereocenters. The fourth-order valence-electron chi connectivity index (χ4n) is 1.72. The van der Waals surface area contributed by atoms with E-state index >= 15 is 0 Å². The molecule has 7 nitrogen and oxygen atoms in total. The van der Waals surface area contributed by atoms with Gasteiger partial charge in [-0.05, 0) is 38.5 Å². The van der Waals surface area contributed by atoms with Gasteiger partial charge in [-0.15, -0.1) is 0 Å². The minimum atomic E-state index is -0.980. The van der Waals surface area contributed by atoms with Gasteiger partial charge in [-0.2, -0.15) is 11.8 Å². The van der Waals surface area contributed by atoms with Gasteiger partial charge in [0.2, 0.25) is 5.91 Å². The van der Waals surface area contributed by atoms with E-state index in [4.69, 9.17) is 9.84 Å². The lowest BCUT2D eigenvalue weighted by atomic mass is 10.1. The Bertz CT molecular complexity index is 596. The zero-order chi connectivity index (χ0) is 18.9. The maximum absolute atomic E-state index is 11.7. The van der Waals surface area contributed by atoms with Gasteiger partial charge < -0.3 is 20.5 Å². The molecule has 0 heterocycles. The zero-order valence-corrected chi connectivity index (χ0v) is 15.4. The van der Waals surface area contributed by atoms with Gasteiger partial charge in [0.15, 0.2) is 0 Å². The van der Waals surface area contributed by atoms with E-state index in [9.17, 15) is 14.4 Å². The number of nitrogens with one attached hydrogen (secondary N) is 2. The molecule has 0 aromatic heterocycles.